The lowest BCUT2D eigenvalue weighted by Gasteiger charge is -2.17. The van der Waals surface area contributed by atoms with E-state index in [9.17, 15) is 9.59 Å². The summed E-state index contributed by atoms with van der Waals surface area (Å²) in [5, 5.41) is 1.09. The molecule has 0 fully saturated rings. The van der Waals surface area contributed by atoms with Crippen LogP contribution in [0.3, 0.4) is 0 Å². The fraction of sp³-hybridized carbons (Fsp3) is 0.286. The number of carbonyl (C=O) groups is 1. The summed E-state index contributed by atoms with van der Waals surface area (Å²) < 4.78 is 12.1. The van der Waals surface area contributed by atoms with Crippen LogP contribution in [0.5, 0.6) is 0 Å². The number of carbonyl (C=O) groups excluding carboxylic acids is 1. The molecule has 1 aromatic carbocycles. The molecular weight excluding hydrogens is 344 g/mol. The third kappa shape index (κ3) is 2.40. The van der Waals surface area contributed by atoms with E-state index in [1.165, 1.54) is 5.56 Å². The summed E-state index contributed by atoms with van der Waals surface area (Å²) >= 11 is 0. The van der Waals surface area contributed by atoms with Gasteiger partial charge in [-0.05, 0) is 29.7 Å². The standard InChI is InChI=1S/C21H18N2O4/c1-26-7-6-13-14-4-2-3-5-17(14)22-20-15(13)10-23-18(20)8-12-9-19(24)27-11-16(12)21(23)25/h2-5,8H,6-7,9-11H2,1H3. The van der Waals surface area contributed by atoms with Crippen molar-refractivity contribution in [2.75, 3.05) is 13.7 Å². The van der Waals surface area contributed by atoms with E-state index in [-0.39, 0.29) is 24.6 Å². The minimum Gasteiger partial charge on any atom is -0.460 e. The molecule has 0 bridgehead atoms. The van der Waals surface area contributed by atoms with Gasteiger partial charge in [-0.25, -0.2) is 4.98 Å². The first-order valence-electron chi connectivity index (χ1n) is 8.98. The molecule has 3 aromatic rings. The van der Waals surface area contributed by atoms with E-state index < -0.39 is 0 Å². The minimum absolute atomic E-state index is 0.0512. The molecule has 6 heteroatoms. The zero-order valence-electron chi connectivity index (χ0n) is 14.9. The van der Waals surface area contributed by atoms with Crippen LogP contribution in [0, 0.1) is 0 Å². The molecule has 0 aliphatic carbocycles. The number of nitrogens with zero attached hydrogens (tertiary/aromatic N) is 2. The topological polar surface area (TPSA) is 70.4 Å². The number of methoxy groups -OCH3 is 1. The van der Waals surface area contributed by atoms with Crippen molar-refractivity contribution in [3.8, 4) is 11.4 Å². The zero-order chi connectivity index (χ0) is 18.5. The molecule has 0 radical (unpaired) electrons. The van der Waals surface area contributed by atoms with Gasteiger partial charge in [-0.3, -0.25) is 9.59 Å². The van der Waals surface area contributed by atoms with Crippen molar-refractivity contribution in [2.45, 2.75) is 26.0 Å². The number of hydrogen-bond donors (Lipinski definition) is 0. The number of fused-ring (bicyclic) bond motifs is 5. The lowest BCUT2D eigenvalue weighted by Crippen LogP contribution is -2.30. The highest BCUT2D eigenvalue weighted by Gasteiger charge is 2.30. The molecule has 27 heavy (non-hydrogen) atoms. The van der Waals surface area contributed by atoms with Gasteiger partial charge in [0.2, 0.25) is 0 Å². The molecule has 0 atom stereocenters. The van der Waals surface area contributed by atoms with Crippen molar-refractivity contribution >= 4 is 16.9 Å². The van der Waals surface area contributed by atoms with E-state index in [4.69, 9.17) is 14.5 Å². The van der Waals surface area contributed by atoms with Gasteiger partial charge in [0.1, 0.15) is 6.61 Å². The number of rotatable bonds is 3. The van der Waals surface area contributed by atoms with Crippen molar-refractivity contribution in [1.29, 1.82) is 0 Å². The normalized spacial score (nSPS) is 14.6. The summed E-state index contributed by atoms with van der Waals surface area (Å²) in [6.07, 6.45) is 0.893. The van der Waals surface area contributed by atoms with Gasteiger partial charge in [0.05, 0.1) is 42.0 Å². The number of esters is 1. The summed E-state index contributed by atoms with van der Waals surface area (Å²) in [4.78, 5) is 29.5. The predicted octanol–water partition coefficient (Wildman–Crippen LogP) is 2.21. The summed E-state index contributed by atoms with van der Waals surface area (Å²) in [5.41, 5.74) is 6.00. The van der Waals surface area contributed by atoms with E-state index in [0.717, 1.165) is 39.8 Å². The maximum atomic E-state index is 13.0. The number of benzene rings is 1. The second kappa shape index (κ2) is 6.03. The average Bonchev–Trinajstić information content (AvgIpc) is 3.04. The molecule has 0 N–H and O–H groups in total. The number of para-hydroxylation sites is 1. The molecule has 4 heterocycles. The lowest BCUT2D eigenvalue weighted by molar-refractivity contribution is -0.145. The molecule has 136 valence electrons. The van der Waals surface area contributed by atoms with Crippen LogP contribution in [0.25, 0.3) is 22.3 Å². The van der Waals surface area contributed by atoms with Gasteiger partial charge in [0.25, 0.3) is 5.56 Å². The summed E-state index contributed by atoms with van der Waals surface area (Å²) in [6.45, 7) is 1.14. The first-order valence-corrected chi connectivity index (χ1v) is 8.98. The third-order valence-corrected chi connectivity index (χ3v) is 5.43. The summed E-state index contributed by atoms with van der Waals surface area (Å²) in [6, 6.07) is 9.96. The van der Waals surface area contributed by atoms with Crippen LogP contribution in [0.2, 0.25) is 0 Å². The Morgan fingerprint density at radius 2 is 2.07 bits per heavy atom. The number of hydrogen-bond acceptors (Lipinski definition) is 5. The smallest absolute Gasteiger partial charge is 0.310 e. The Morgan fingerprint density at radius 1 is 1.22 bits per heavy atom. The Kier molecular flexibility index (Phi) is 3.62. The first kappa shape index (κ1) is 16.2. The summed E-state index contributed by atoms with van der Waals surface area (Å²) in [5.74, 6) is -0.294. The van der Waals surface area contributed by atoms with E-state index >= 15 is 0 Å². The van der Waals surface area contributed by atoms with Gasteiger partial charge in [0.15, 0.2) is 0 Å². The quantitative estimate of drug-likeness (QED) is 0.523. The van der Waals surface area contributed by atoms with Gasteiger partial charge in [-0.2, -0.15) is 0 Å². The number of pyridine rings is 2. The Labute approximate surface area is 155 Å². The summed E-state index contributed by atoms with van der Waals surface area (Å²) in [7, 11) is 1.69. The van der Waals surface area contributed by atoms with Crippen molar-refractivity contribution < 1.29 is 14.3 Å². The number of cyclic esters (lactones) is 1. The highest BCUT2D eigenvalue weighted by Crippen LogP contribution is 2.36. The Balaban J connectivity index is 1.77. The maximum Gasteiger partial charge on any atom is 0.310 e. The largest absolute Gasteiger partial charge is 0.460 e. The molecule has 0 saturated heterocycles. The SMILES string of the molecule is COCCc1c2c(nc3ccccc13)-c1cc3c(c(=O)n1C2)COC(=O)C3. The zero-order valence-corrected chi connectivity index (χ0v) is 14.9. The van der Waals surface area contributed by atoms with Crippen LogP contribution in [0.4, 0.5) is 0 Å². The van der Waals surface area contributed by atoms with Crippen LogP contribution in [0.15, 0.2) is 35.1 Å². The molecule has 2 aromatic heterocycles. The van der Waals surface area contributed by atoms with E-state index in [1.54, 1.807) is 11.7 Å². The molecule has 5 rings (SSSR count). The molecule has 2 aliphatic rings. The highest BCUT2D eigenvalue weighted by atomic mass is 16.5. The molecular formula is C21H18N2O4. The Morgan fingerprint density at radius 3 is 2.93 bits per heavy atom. The monoisotopic (exact) mass is 362 g/mol. The van der Waals surface area contributed by atoms with Crippen LogP contribution in [-0.2, 0) is 40.3 Å². The highest BCUT2D eigenvalue weighted by molar-refractivity contribution is 5.88. The first-order chi connectivity index (χ1) is 13.2. The van der Waals surface area contributed by atoms with Gasteiger partial charge in [0, 0.05) is 18.1 Å². The fourth-order valence-corrected chi connectivity index (χ4v) is 4.11. The molecule has 2 aliphatic heterocycles. The van der Waals surface area contributed by atoms with Crippen LogP contribution in [-0.4, -0.2) is 29.2 Å². The molecule has 0 amide bonds. The fourth-order valence-electron chi connectivity index (χ4n) is 4.11. The van der Waals surface area contributed by atoms with E-state index in [0.29, 0.717) is 18.7 Å². The van der Waals surface area contributed by atoms with Gasteiger partial charge >= 0.3 is 5.97 Å². The Hall–Kier alpha value is -2.99. The molecule has 0 unspecified atom stereocenters. The lowest BCUT2D eigenvalue weighted by atomic mass is 9.98. The molecule has 0 spiro atoms. The predicted molar refractivity (Wildman–Crippen MR) is 99.6 cm³/mol. The van der Waals surface area contributed by atoms with Crippen molar-refractivity contribution in [2.24, 2.45) is 0 Å². The minimum atomic E-state index is -0.294. The van der Waals surface area contributed by atoms with Crippen molar-refractivity contribution in [3.63, 3.8) is 0 Å². The maximum absolute atomic E-state index is 13.0. The average molecular weight is 362 g/mol. The van der Waals surface area contributed by atoms with E-state index in [2.05, 4.69) is 6.07 Å². The van der Waals surface area contributed by atoms with Crippen molar-refractivity contribution in [3.05, 3.63) is 62.9 Å². The van der Waals surface area contributed by atoms with Gasteiger partial charge in [-0.1, -0.05) is 18.2 Å². The third-order valence-electron chi connectivity index (χ3n) is 5.43. The molecule has 6 nitrogen and oxygen atoms in total. The van der Waals surface area contributed by atoms with Gasteiger partial charge in [-0.15, -0.1) is 0 Å². The van der Waals surface area contributed by atoms with Crippen molar-refractivity contribution in [1.82, 2.24) is 9.55 Å². The van der Waals surface area contributed by atoms with Crippen LogP contribution < -0.4 is 5.56 Å². The number of ether oxygens (including phenoxy) is 2. The van der Waals surface area contributed by atoms with Crippen LogP contribution >= 0.6 is 0 Å². The van der Waals surface area contributed by atoms with Gasteiger partial charge < -0.3 is 14.0 Å². The Bertz CT molecular complexity index is 1160. The number of aromatic nitrogens is 2. The van der Waals surface area contributed by atoms with E-state index in [1.807, 2.05) is 24.3 Å². The second-order valence-corrected chi connectivity index (χ2v) is 6.94. The molecule has 0 saturated carbocycles. The van der Waals surface area contributed by atoms with Crippen LogP contribution in [0.1, 0.15) is 22.3 Å². The second-order valence-electron chi connectivity index (χ2n) is 6.94.